The summed E-state index contributed by atoms with van der Waals surface area (Å²) in [6.07, 6.45) is 0. The lowest BCUT2D eigenvalue weighted by Crippen LogP contribution is -2.47. The Labute approximate surface area is 101 Å². The molecule has 1 aromatic rings. The molecule has 0 aromatic heterocycles. The zero-order valence-electron chi connectivity index (χ0n) is 10.2. The van der Waals surface area contributed by atoms with Crippen molar-refractivity contribution in [2.75, 3.05) is 7.11 Å². The summed E-state index contributed by atoms with van der Waals surface area (Å²) in [5, 5.41) is 9.05. The van der Waals surface area contributed by atoms with E-state index in [2.05, 4.69) is 10.8 Å². The Morgan fingerprint density at radius 2 is 2.06 bits per heavy atom. The number of esters is 1. The van der Waals surface area contributed by atoms with Crippen molar-refractivity contribution in [3.05, 3.63) is 35.4 Å². The molecular weight excluding hydrogens is 216 g/mol. The fourth-order valence-corrected chi connectivity index (χ4v) is 1.73. The lowest BCUT2D eigenvalue weighted by atomic mass is 9.76. The first-order chi connectivity index (χ1) is 7.95. The van der Waals surface area contributed by atoms with Crippen molar-refractivity contribution < 1.29 is 9.53 Å². The second-order valence-corrected chi connectivity index (χ2v) is 4.38. The van der Waals surface area contributed by atoms with Crippen LogP contribution in [-0.4, -0.2) is 19.1 Å². The quantitative estimate of drug-likeness (QED) is 0.798. The number of carbonyl (C=O) groups is 1. The van der Waals surface area contributed by atoms with Crippen molar-refractivity contribution in [3.63, 3.8) is 0 Å². The predicted octanol–water partition coefficient (Wildman–Crippen LogP) is 1.34. The first-order valence-corrected chi connectivity index (χ1v) is 5.28. The molecule has 0 bridgehead atoms. The molecule has 1 atom stereocenters. The van der Waals surface area contributed by atoms with Crippen LogP contribution in [0.5, 0.6) is 0 Å². The van der Waals surface area contributed by atoms with Crippen molar-refractivity contribution >= 4 is 5.97 Å². The monoisotopic (exact) mass is 232 g/mol. The topological polar surface area (TPSA) is 76.1 Å². The lowest BCUT2D eigenvalue weighted by Gasteiger charge is -2.30. The normalized spacial score (nSPS) is 12.6. The minimum Gasteiger partial charge on any atom is -0.468 e. The van der Waals surface area contributed by atoms with E-state index in [0.717, 1.165) is 5.56 Å². The van der Waals surface area contributed by atoms with Crippen molar-refractivity contribution in [2.45, 2.75) is 25.3 Å². The smallest absolute Gasteiger partial charge is 0.323 e. The molecule has 0 heterocycles. The molecule has 1 rings (SSSR count). The first kappa shape index (κ1) is 13.2. The van der Waals surface area contributed by atoms with Crippen molar-refractivity contribution in [2.24, 2.45) is 5.73 Å². The number of methoxy groups -OCH3 is 1. The van der Waals surface area contributed by atoms with Crippen LogP contribution in [0.25, 0.3) is 0 Å². The van der Waals surface area contributed by atoms with Gasteiger partial charge in [-0.25, -0.2) is 0 Å². The highest BCUT2D eigenvalue weighted by atomic mass is 16.5. The van der Waals surface area contributed by atoms with E-state index in [1.54, 1.807) is 18.2 Å². The van der Waals surface area contributed by atoms with E-state index < -0.39 is 17.4 Å². The van der Waals surface area contributed by atoms with Gasteiger partial charge in [-0.2, -0.15) is 5.26 Å². The Balaban J connectivity index is 3.22. The van der Waals surface area contributed by atoms with E-state index in [1.165, 1.54) is 7.11 Å². The minimum atomic E-state index is -0.804. The van der Waals surface area contributed by atoms with Gasteiger partial charge in [0.05, 0.1) is 18.7 Å². The number of nitrogens with zero attached hydrogens (tertiary/aromatic N) is 1. The zero-order valence-corrected chi connectivity index (χ0v) is 10.2. The Hall–Kier alpha value is -1.86. The molecule has 4 heteroatoms. The van der Waals surface area contributed by atoms with Crippen LogP contribution in [0.1, 0.15) is 25.0 Å². The molecule has 1 unspecified atom stereocenters. The SMILES string of the molecule is COC(=O)C(N)C(C)(C)c1ccccc1C#N. The fraction of sp³-hybridized carbons (Fsp3) is 0.385. The van der Waals surface area contributed by atoms with Gasteiger partial charge >= 0.3 is 5.97 Å². The molecule has 0 saturated carbocycles. The summed E-state index contributed by atoms with van der Waals surface area (Å²) in [7, 11) is 1.30. The van der Waals surface area contributed by atoms with Gasteiger partial charge in [-0.3, -0.25) is 4.79 Å². The number of carbonyl (C=O) groups excluding carboxylic acids is 1. The van der Waals surface area contributed by atoms with E-state index >= 15 is 0 Å². The number of hydrogen-bond donors (Lipinski definition) is 1. The molecule has 90 valence electrons. The number of rotatable bonds is 3. The summed E-state index contributed by atoms with van der Waals surface area (Å²) in [5.74, 6) is -0.484. The zero-order chi connectivity index (χ0) is 13.1. The maximum absolute atomic E-state index is 11.5. The maximum atomic E-state index is 11.5. The second-order valence-electron chi connectivity index (χ2n) is 4.38. The lowest BCUT2D eigenvalue weighted by molar-refractivity contribution is -0.143. The molecular formula is C13H16N2O2. The second kappa shape index (κ2) is 4.98. The molecule has 0 amide bonds. The highest BCUT2D eigenvalue weighted by molar-refractivity contribution is 5.78. The van der Waals surface area contributed by atoms with Crippen LogP contribution < -0.4 is 5.73 Å². The fourth-order valence-electron chi connectivity index (χ4n) is 1.73. The van der Waals surface area contributed by atoms with E-state index in [1.807, 2.05) is 19.9 Å². The van der Waals surface area contributed by atoms with Crippen molar-refractivity contribution in [1.82, 2.24) is 0 Å². The van der Waals surface area contributed by atoms with Crippen molar-refractivity contribution in [3.8, 4) is 6.07 Å². The Bertz CT molecular complexity index is 461. The van der Waals surface area contributed by atoms with Crippen LogP contribution in [-0.2, 0) is 14.9 Å². The Morgan fingerprint density at radius 3 is 2.59 bits per heavy atom. The average Bonchev–Trinajstić information content (AvgIpc) is 2.36. The van der Waals surface area contributed by atoms with Gasteiger partial charge in [0.2, 0.25) is 0 Å². The van der Waals surface area contributed by atoms with Crippen LogP contribution in [0, 0.1) is 11.3 Å². The summed E-state index contributed by atoms with van der Waals surface area (Å²) >= 11 is 0. The van der Waals surface area contributed by atoms with Gasteiger partial charge in [0.15, 0.2) is 0 Å². The standard InChI is InChI=1S/C13H16N2O2/c1-13(2,11(15)12(16)17-3)10-7-5-4-6-9(10)8-14/h4-7,11H,15H2,1-3H3. The van der Waals surface area contributed by atoms with E-state index in [-0.39, 0.29) is 0 Å². The van der Waals surface area contributed by atoms with Gasteiger partial charge in [0.1, 0.15) is 6.04 Å². The van der Waals surface area contributed by atoms with E-state index in [9.17, 15) is 4.79 Å². The van der Waals surface area contributed by atoms with Crippen LogP contribution in [0.2, 0.25) is 0 Å². The number of hydrogen-bond acceptors (Lipinski definition) is 4. The van der Waals surface area contributed by atoms with Gasteiger partial charge in [0.25, 0.3) is 0 Å². The van der Waals surface area contributed by atoms with E-state index in [4.69, 9.17) is 11.0 Å². The summed E-state index contributed by atoms with van der Waals surface area (Å²) in [5.41, 5.74) is 6.50. The molecule has 0 aliphatic heterocycles. The molecule has 2 N–H and O–H groups in total. The third-order valence-electron chi connectivity index (χ3n) is 2.97. The maximum Gasteiger partial charge on any atom is 0.323 e. The van der Waals surface area contributed by atoms with Crippen LogP contribution in [0.3, 0.4) is 0 Å². The molecule has 0 radical (unpaired) electrons. The van der Waals surface area contributed by atoms with Crippen LogP contribution in [0.15, 0.2) is 24.3 Å². The third kappa shape index (κ3) is 2.45. The van der Waals surface area contributed by atoms with Gasteiger partial charge in [-0.05, 0) is 11.6 Å². The van der Waals surface area contributed by atoms with Crippen LogP contribution >= 0.6 is 0 Å². The van der Waals surface area contributed by atoms with Gasteiger partial charge < -0.3 is 10.5 Å². The molecule has 1 aromatic carbocycles. The largest absolute Gasteiger partial charge is 0.468 e. The van der Waals surface area contributed by atoms with Crippen LogP contribution in [0.4, 0.5) is 0 Å². The molecule has 0 aliphatic rings. The molecule has 17 heavy (non-hydrogen) atoms. The number of ether oxygens (including phenoxy) is 1. The molecule has 0 fully saturated rings. The molecule has 0 spiro atoms. The summed E-state index contributed by atoms with van der Waals surface area (Å²) in [6, 6.07) is 8.42. The molecule has 0 aliphatic carbocycles. The summed E-state index contributed by atoms with van der Waals surface area (Å²) in [6.45, 7) is 3.65. The number of nitrogens with two attached hydrogens (primary N) is 1. The minimum absolute atomic E-state index is 0.484. The highest BCUT2D eigenvalue weighted by Gasteiger charge is 2.36. The number of benzene rings is 1. The number of nitriles is 1. The predicted molar refractivity (Wildman–Crippen MR) is 64.2 cm³/mol. The third-order valence-corrected chi connectivity index (χ3v) is 2.97. The van der Waals surface area contributed by atoms with Gasteiger partial charge in [-0.1, -0.05) is 32.0 Å². The Morgan fingerprint density at radius 1 is 1.47 bits per heavy atom. The molecule has 0 saturated heterocycles. The summed E-state index contributed by atoms with van der Waals surface area (Å²) in [4.78, 5) is 11.5. The van der Waals surface area contributed by atoms with Gasteiger partial charge in [-0.15, -0.1) is 0 Å². The highest BCUT2D eigenvalue weighted by Crippen LogP contribution is 2.29. The summed E-state index contributed by atoms with van der Waals surface area (Å²) < 4.78 is 4.65. The average molecular weight is 232 g/mol. The Kier molecular flexibility index (Phi) is 3.87. The first-order valence-electron chi connectivity index (χ1n) is 5.28. The molecule has 4 nitrogen and oxygen atoms in total. The van der Waals surface area contributed by atoms with Gasteiger partial charge in [0, 0.05) is 5.41 Å². The van der Waals surface area contributed by atoms with Crippen molar-refractivity contribution in [1.29, 1.82) is 5.26 Å². The van der Waals surface area contributed by atoms with E-state index in [0.29, 0.717) is 5.56 Å².